The van der Waals surface area contributed by atoms with Crippen molar-refractivity contribution in [2.24, 2.45) is 0 Å². The van der Waals surface area contributed by atoms with Crippen LogP contribution >= 0.6 is 11.3 Å². The van der Waals surface area contributed by atoms with Gasteiger partial charge in [0.15, 0.2) is 0 Å². The van der Waals surface area contributed by atoms with Gasteiger partial charge < -0.3 is 11.1 Å². The summed E-state index contributed by atoms with van der Waals surface area (Å²) >= 11 is 1.17. The molecule has 0 unspecified atom stereocenters. The quantitative estimate of drug-likeness (QED) is 0.813. The SMILES string of the molecule is N#Cc1sc(NCCC(F)F)cc1N. The number of nitrogen functional groups attached to an aromatic ring is 1. The van der Waals surface area contributed by atoms with Gasteiger partial charge in [-0.3, -0.25) is 0 Å². The summed E-state index contributed by atoms with van der Waals surface area (Å²) < 4.78 is 23.5. The Hall–Kier alpha value is -1.35. The summed E-state index contributed by atoms with van der Waals surface area (Å²) in [5.41, 5.74) is 5.87. The van der Waals surface area contributed by atoms with Crippen molar-refractivity contribution in [3.05, 3.63) is 10.9 Å². The highest BCUT2D eigenvalue weighted by atomic mass is 32.1. The number of nitriles is 1. The molecule has 0 aliphatic heterocycles. The second-order valence-electron chi connectivity index (χ2n) is 2.61. The largest absolute Gasteiger partial charge is 0.397 e. The van der Waals surface area contributed by atoms with Crippen LogP contribution in [0.3, 0.4) is 0 Å². The molecule has 1 rings (SSSR count). The highest BCUT2D eigenvalue weighted by molar-refractivity contribution is 7.17. The highest BCUT2D eigenvalue weighted by Crippen LogP contribution is 2.28. The fraction of sp³-hybridized carbons (Fsp3) is 0.375. The average molecular weight is 217 g/mol. The standard InChI is InChI=1S/C8H9F2N3S/c9-7(10)1-2-13-8-3-5(12)6(4-11)14-8/h3,7,13H,1-2,12H2. The molecular formula is C8H9F2N3S. The van der Waals surface area contributed by atoms with Crippen LogP contribution < -0.4 is 11.1 Å². The number of halogens is 2. The Morgan fingerprint density at radius 2 is 2.36 bits per heavy atom. The van der Waals surface area contributed by atoms with Crippen LogP contribution in [0.4, 0.5) is 19.5 Å². The van der Waals surface area contributed by atoms with Crippen molar-refractivity contribution in [2.45, 2.75) is 12.8 Å². The third-order valence-electron chi connectivity index (χ3n) is 1.52. The zero-order valence-corrected chi connectivity index (χ0v) is 8.07. The normalized spacial score (nSPS) is 10.1. The van der Waals surface area contributed by atoms with Crippen LogP contribution in [0, 0.1) is 11.3 Å². The lowest BCUT2D eigenvalue weighted by atomic mass is 10.4. The molecule has 0 atom stereocenters. The molecule has 0 amide bonds. The van der Waals surface area contributed by atoms with E-state index in [1.165, 1.54) is 11.3 Å². The minimum Gasteiger partial charge on any atom is -0.397 e. The molecule has 76 valence electrons. The van der Waals surface area contributed by atoms with Crippen molar-refractivity contribution >= 4 is 22.0 Å². The number of hydrogen-bond acceptors (Lipinski definition) is 4. The molecule has 0 aliphatic carbocycles. The fourth-order valence-electron chi connectivity index (χ4n) is 0.884. The molecule has 0 saturated heterocycles. The molecule has 6 heteroatoms. The number of alkyl halides is 2. The van der Waals surface area contributed by atoms with Crippen molar-refractivity contribution in [1.82, 2.24) is 0 Å². The Labute approximate surface area is 84.1 Å². The van der Waals surface area contributed by atoms with Gasteiger partial charge in [0, 0.05) is 13.0 Å². The summed E-state index contributed by atoms with van der Waals surface area (Å²) in [4.78, 5) is 0.407. The maximum atomic E-state index is 11.8. The molecule has 1 aromatic rings. The van der Waals surface area contributed by atoms with Crippen LogP contribution in [-0.4, -0.2) is 13.0 Å². The maximum absolute atomic E-state index is 11.8. The highest BCUT2D eigenvalue weighted by Gasteiger charge is 2.06. The smallest absolute Gasteiger partial charge is 0.240 e. The number of nitrogens with two attached hydrogens (primary N) is 1. The first-order chi connectivity index (χ1) is 6.63. The van der Waals surface area contributed by atoms with Gasteiger partial charge in [0.25, 0.3) is 0 Å². The summed E-state index contributed by atoms with van der Waals surface area (Å²) in [5.74, 6) is 0. The molecule has 0 aliphatic rings. The monoisotopic (exact) mass is 217 g/mol. The predicted octanol–water partition coefficient (Wildman–Crippen LogP) is 2.27. The van der Waals surface area contributed by atoms with E-state index >= 15 is 0 Å². The van der Waals surface area contributed by atoms with Gasteiger partial charge in [0.1, 0.15) is 10.9 Å². The minimum absolute atomic E-state index is 0.183. The Bertz CT molecular complexity index is 343. The van der Waals surface area contributed by atoms with E-state index in [1.54, 1.807) is 6.07 Å². The van der Waals surface area contributed by atoms with Gasteiger partial charge in [0.05, 0.1) is 10.7 Å². The lowest BCUT2D eigenvalue weighted by Gasteiger charge is -2.01. The molecule has 1 heterocycles. The van der Waals surface area contributed by atoms with Gasteiger partial charge >= 0.3 is 0 Å². The number of thiophene rings is 1. The molecule has 0 saturated carbocycles. The summed E-state index contributed by atoms with van der Waals surface area (Å²) in [6, 6.07) is 3.50. The second-order valence-corrected chi connectivity index (χ2v) is 3.67. The minimum atomic E-state index is -2.31. The van der Waals surface area contributed by atoms with Crippen molar-refractivity contribution < 1.29 is 8.78 Å². The molecule has 3 nitrogen and oxygen atoms in total. The lowest BCUT2D eigenvalue weighted by Crippen LogP contribution is -2.04. The number of nitrogens with zero attached hydrogens (tertiary/aromatic N) is 1. The summed E-state index contributed by atoms with van der Waals surface area (Å²) in [6.45, 7) is 0.183. The van der Waals surface area contributed by atoms with Gasteiger partial charge in [0.2, 0.25) is 6.43 Å². The van der Waals surface area contributed by atoms with Crippen LogP contribution in [0.5, 0.6) is 0 Å². The first-order valence-corrected chi connectivity index (χ1v) is 4.76. The van der Waals surface area contributed by atoms with Crippen LogP contribution in [0.25, 0.3) is 0 Å². The average Bonchev–Trinajstić information content (AvgIpc) is 2.45. The van der Waals surface area contributed by atoms with Gasteiger partial charge in [-0.2, -0.15) is 5.26 Å². The summed E-state index contributed by atoms with van der Waals surface area (Å²) in [7, 11) is 0. The Morgan fingerprint density at radius 3 is 2.86 bits per heavy atom. The van der Waals surface area contributed by atoms with Crippen LogP contribution in [-0.2, 0) is 0 Å². The topological polar surface area (TPSA) is 61.8 Å². The number of rotatable bonds is 4. The molecule has 0 bridgehead atoms. The van der Waals surface area contributed by atoms with Crippen molar-refractivity contribution in [3.63, 3.8) is 0 Å². The lowest BCUT2D eigenvalue weighted by molar-refractivity contribution is 0.142. The summed E-state index contributed by atoms with van der Waals surface area (Å²) in [6.07, 6.45) is -2.52. The number of nitrogens with one attached hydrogen (secondary N) is 1. The third kappa shape index (κ3) is 2.85. The predicted molar refractivity (Wildman–Crippen MR) is 52.6 cm³/mol. The Kier molecular flexibility index (Phi) is 3.65. The molecule has 0 fully saturated rings. The van der Waals surface area contributed by atoms with E-state index in [0.29, 0.717) is 15.6 Å². The van der Waals surface area contributed by atoms with Gasteiger partial charge in [-0.15, -0.1) is 11.3 Å². The number of anilines is 2. The maximum Gasteiger partial charge on any atom is 0.240 e. The number of hydrogen-bond donors (Lipinski definition) is 2. The third-order valence-corrected chi connectivity index (χ3v) is 2.54. The molecule has 0 radical (unpaired) electrons. The Balaban J connectivity index is 2.48. The molecular weight excluding hydrogens is 208 g/mol. The first kappa shape index (κ1) is 10.7. The van der Waals surface area contributed by atoms with Crippen molar-refractivity contribution in [2.75, 3.05) is 17.6 Å². The molecule has 3 N–H and O–H groups in total. The molecule has 1 aromatic heterocycles. The van der Waals surface area contributed by atoms with Gasteiger partial charge in [-0.25, -0.2) is 8.78 Å². The van der Waals surface area contributed by atoms with Gasteiger partial charge in [-0.05, 0) is 6.07 Å². The summed E-state index contributed by atoms with van der Waals surface area (Å²) in [5, 5.41) is 12.0. The molecule has 0 aromatic carbocycles. The zero-order valence-electron chi connectivity index (χ0n) is 7.26. The first-order valence-electron chi connectivity index (χ1n) is 3.95. The van der Waals surface area contributed by atoms with Crippen molar-refractivity contribution in [3.8, 4) is 6.07 Å². The van der Waals surface area contributed by atoms with Gasteiger partial charge in [-0.1, -0.05) is 0 Å². The van der Waals surface area contributed by atoms with E-state index in [2.05, 4.69) is 5.32 Å². The van der Waals surface area contributed by atoms with E-state index in [4.69, 9.17) is 11.0 Å². The fourth-order valence-corrected chi connectivity index (χ4v) is 1.69. The van der Waals surface area contributed by atoms with E-state index < -0.39 is 6.43 Å². The van der Waals surface area contributed by atoms with E-state index in [9.17, 15) is 8.78 Å². The van der Waals surface area contributed by atoms with Crippen LogP contribution in [0.2, 0.25) is 0 Å². The van der Waals surface area contributed by atoms with Crippen LogP contribution in [0.1, 0.15) is 11.3 Å². The molecule has 0 spiro atoms. The van der Waals surface area contributed by atoms with E-state index in [0.717, 1.165) is 0 Å². The zero-order chi connectivity index (χ0) is 10.6. The van der Waals surface area contributed by atoms with E-state index in [1.807, 2.05) is 6.07 Å². The second kappa shape index (κ2) is 4.77. The Morgan fingerprint density at radius 1 is 1.64 bits per heavy atom. The van der Waals surface area contributed by atoms with Crippen LogP contribution in [0.15, 0.2) is 6.07 Å². The van der Waals surface area contributed by atoms with E-state index in [-0.39, 0.29) is 13.0 Å². The molecule has 14 heavy (non-hydrogen) atoms. The van der Waals surface area contributed by atoms with Crippen molar-refractivity contribution in [1.29, 1.82) is 5.26 Å².